The van der Waals surface area contributed by atoms with Crippen molar-refractivity contribution in [3.63, 3.8) is 0 Å². The molecule has 1 unspecified atom stereocenters. The second-order valence-electron chi connectivity index (χ2n) is 5.70. The number of hydrogen-bond acceptors (Lipinski definition) is 1. The van der Waals surface area contributed by atoms with Crippen molar-refractivity contribution in [3.05, 3.63) is 29.3 Å². The highest BCUT2D eigenvalue weighted by atomic mass is 35.5. The van der Waals surface area contributed by atoms with E-state index in [9.17, 15) is 4.79 Å². The molecule has 1 heterocycles. The van der Waals surface area contributed by atoms with Crippen LogP contribution >= 0.6 is 11.6 Å². The number of anilines is 1. The summed E-state index contributed by atoms with van der Waals surface area (Å²) in [6.07, 6.45) is 3.69. The number of rotatable bonds is 5. The van der Waals surface area contributed by atoms with Crippen molar-refractivity contribution in [2.24, 2.45) is 5.92 Å². The second-order valence-corrected chi connectivity index (χ2v) is 6.45. The van der Waals surface area contributed by atoms with Crippen LogP contribution in [0.2, 0.25) is 0 Å². The molecular weight excluding hydrogens is 270 g/mol. The number of carbonyl (C=O) groups excluding carboxylic acids is 1. The molecule has 1 amide bonds. The zero-order chi connectivity index (χ0) is 14.7. The van der Waals surface area contributed by atoms with E-state index in [4.69, 9.17) is 11.6 Å². The number of nitrogens with zero attached hydrogens (tertiary/aromatic N) is 1. The Kier molecular flexibility index (Phi) is 5.09. The van der Waals surface area contributed by atoms with Crippen molar-refractivity contribution in [2.75, 3.05) is 11.4 Å². The van der Waals surface area contributed by atoms with Gasteiger partial charge in [0.05, 0.1) is 0 Å². The minimum absolute atomic E-state index is 0.150. The van der Waals surface area contributed by atoms with Crippen LogP contribution in [0.25, 0.3) is 0 Å². The molecule has 0 spiro atoms. The van der Waals surface area contributed by atoms with E-state index in [0.717, 1.165) is 37.9 Å². The fourth-order valence-electron chi connectivity index (χ4n) is 2.99. The van der Waals surface area contributed by atoms with Gasteiger partial charge in [-0.2, -0.15) is 0 Å². The number of benzene rings is 1. The van der Waals surface area contributed by atoms with Crippen LogP contribution in [-0.4, -0.2) is 17.8 Å². The molecule has 1 aliphatic heterocycles. The van der Waals surface area contributed by atoms with Crippen LogP contribution in [-0.2, 0) is 17.6 Å². The summed E-state index contributed by atoms with van der Waals surface area (Å²) in [6, 6.07) is 6.42. The lowest BCUT2D eigenvalue weighted by molar-refractivity contribution is -0.122. The maximum absolute atomic E-state index is 12.5. The molecule has 1 aromatic rings. The van der Waals surface area contributed by atoms with Gasteiger partial charge < -0.3 is 4.90 Å². The van der Waals surface area contributed by atoms with Crippen molar-refractivity contribution >= 4 is 23.2 Å². The third-order valence-corrected chi connectivity index (χ3v) is 4.31. The molecule has 0 saturated carbocycles. The number of hydrogen-bond donors (Lipinski definition) is 0. The SMILES string of the molecule is CCC(CC)C(=O)N1CCc2cc(CC(C)Cl)ccc21. The largest absolute Gasteiger partial charge is 0.312 e. The van der Waals surface area contributed by atoms with E-state index in [0.29, 0.717) is 0 Å². The first-order chi connectivity index (χ1) is 9.56. The van der Waals surface area contributed by atoms with Gasteiger partial charge in [0, 0.05) is 23.5 Å². The van der Waals surface area contributed by atoms with Crippen LogP contribution in [0.4, 0.5) is 5.69 Å². The average molecular weight is 294 g/mol. The zero-order valence-electron chi connectivity index (χ0n) is 12.7. The highest BCUT2D eigenvalue weighted by Gasteiger charge is 2.28. The maximum Gasteiger partial charge on any atom is 0.230 e. The Morgan fingerprint density at radius 1 is 1.35 bits per heavy atom. The smallest absolute Gasteiger partial charge is 0.230 e. The van der Waals surface area contributed by atoms with Gasteiger partial charge in [0.1, 0.15) is 0 Å². The first kappa shape index (κ1) is 15.4. The third-order valence-electron chi connectivity index (χ3n) is 4.16. The van der Waals surface area contributed by atoms with Crippen molar-refractivity contribution in [3.8, 4) is 0 Å². The molecule has 1 aromatic carbocycles. The molecule has 20 heavy (non-hydrogen) atoms. The second kappa shape index (κ2) is 6.62. The monoisotopic (exact) mass is 293 g/mol. The van der Waals surface area contributed by atoms with Crippen LogP contribution in [0.15, 0.2) is 18.2 Å². The van der Waals surface area contributed by atoms with Gasteiger partial charge in [0.25, 0.3) is 0 Å². The Bertz CT molecular complexity index is 480. The molecule has 0 aromatic heterocycles. The summed E-state index contributed by atoms with van der Waals surface area (Å²) >= 11 is 6.06. The van der Waals surface area contributed by atoms with Gasteiger partial charge in [0.2, 0.25) is 5.91 Å². The van der Waals surface area contributed by atoms with Gasteiger partial charge in [0.15, 0.2) is 0 Å². The lowest BCUT2D eigenvalue weighted by Crippen LogP contribution is -2.34. The molecule has 2 rings (SSSR count). The Hall–Kier alpha value is -1.02. The summed E-state index contributed by atoms with van der Waals surface area (Å²) < 4.78 is 0. The zero-order valence-corrected chi connectivity index (χ0v) is 13.4. The first-order valence-corrected chi connectivity index (χ1v) is 8.07. The normalized spacial score (nSPS) is 15.6. The van der Waals surface area contributed by atoms with Gasteiger partial charge in [-0.25, -0.2) is 0 Å². The predicted octanol–water partition coefficient (Wildman–Crippen LogP) is 4.18. The highest BCUT2D eigenvalue weighted by Crippen LogP contribution is 2.31. The molecule has 0 fully saturated rings. The Morgan fingerprint density at radius 3 is 2.65 bits per heavy atom. The van der Waals surface area contributed by atoms with Crippen molar-refractivity contribution in [1.29, 1.82) is 0 Å². The van der Waals surface area contributed by atoms with E-state index in [2.05, 4.69) is 32.0 Å². The molecule has 0 bridgehead atoms. The van der Waals surface area contributed by atoms with Crippen molar-refractivity contribution in [1.82, 2.24) is 0 Å². The number of carbonyl (C=O) groups is 1. The summed E-state index contributed by atoms with van der Waals surface area (Å²) in [6.45, 7) is 7.02. The van der Waals surface area contributed by atoms with Gasteiger partial charge in [-0.05, 0) is 49.8 Å². The molecule has 0 N–H and O–H groups in total. The Morgan fingerprint density at radius 2 is 2.05 bits per heavy atom. The Labute approximate surface area is 127 Å². The molecule has 1 atom stereocenters. The number of halogens is 1. The highest BCUT2D eigenvalue weighted by molar-refractivity contribution is 6.20. The lowest BCUT2D eigenvalue weighted by Gasteiger charge is -2.22. The van der Waals surface area contributed by atoms with E-state index in [1.54, 1.807) is 0 Å². The van der Waals surface area contributed by atoms with Gasteiger partial charge in [-0.1, -0.05) is 26.0 Å². The fraction of sp³-hybridized carbons (Fsp3) is 0.588. The van der Waals surface area contributed by atoms with Crippen LogP contribution in [0.5, 0.6) is 0 Å². The fourth-order valence-corrected chi connectivity index (χ4v) is 3.17. The minimum atomic E-state index is 0.150. The standard InChI is InChI=1S/C17H24ClNO/c1-4-14(5-2)17(20)19-9-8-15-11-13(10-12(3)18)6-7-16(15)19/h6-7,11-12,14H,4-5,8-10H2,1-3H3. The van der Waals surface area contributed by atoms with Crippen molar-refractivity contribution in [2.45, 2.75) is 51.8 Å². The number of amides is 1. The summed E-state index contributed by atoms with van der Waals surface area (Å²) in [5, 5.41) is 0.150. The quantitative estimate of drug-likeness (QED) is 0.746. The molecule has 1 aliphatic rings. The van der Waals surface area contributed by atoms with Gasteiger partial charge in [-0.15, -0.1) is 11.6 Å². The van der Waals surface area contributed by atoms with Crippen LogP contribution in [0.3, 0.4) is 0 Å². The summed E-state index contributed by atoms with van der Waals surface area (Å²) in [5.41, 5.74) is 3.66. The molecule has 0 radical (unpaired) electrons. The molecule has 0 saturated heterocycles. The Balaban J connectivity index is 2.19. The van der Waals surface area contributed by atoms with E-state index < -0.39 is 0 Å². The van der Waals surface area contributed by atoms with E-state index in [1.807, 2.05) is 11.8 Å². The molecular formula is C17H24ClNO. The van der Waals surface area contributed by atoms with Crippen molar-refractivity contribution < 1.29 is 4.79 Å². The predicted molar refractivity (Wildman–Crippen MR) is 85.6 cm³/mol. The topological polar surface area (TPSA) is 20.3 Å². The molecule has 2 nitrogen and oxygen atoms in total. The van der Waals surface area contributed by atoms with E-state index in [-0.39, 0.29) is 17.2 Å². The maximum atomic E-state index is 12.5. The molecule has 3 heteroatoms. The third kappa shape index (κ3) is 3.17. The first-order valence-electron chi connectivity index (χ1n) is 7.64. The van der Waals surface area contributed by atoms with Crippen LogP contribution < -0.4 is 4.90 Å². The number of fused-ring (bicyclic) bond motifs is 1. The van der Waals surface area contributed by atoms with Gasteiger partial charge in [-0.3, -0.25) is 4.79 Å². The summed E-state index contributed by atoms with van der Waals surface area (Å²) in [7, 11) is 0. The van der Waals surface area contributed by atoms with Crippen LogP contribution in [0, 0.1) is 5.92 Å². The summed E-state index contributed by atoms with van der Waals surface area (Å²) in [5.74, 6) is 0.440. The van der Waals surface area contributed by atoms with Gasteiger partial charge >= 0.3 is 0 Å². The summed E-state index contributed by atoms with van der Waals surface area (Å²) in [4.78, 5) is 14.5. The number of alkyl halides is 1. The average Bonchev–Trinajstić information content (AvgIpc) is 2.82. The van der Waals surface area contributed by atoms with E-state index >= 15 is 0 Å². The molecule has 0 aliphatic carbocycles. The lowest BCUT2D eigenvalue weighted by atomic mass is 10.0. The van der Waals surface area contributed by atoms with E-state index in [1.165, 1.54) is 11.1 Å². The van der Waals surface area contributed by atoms with Crippen LogP contribution in [0.1, 0.15) is 44.7 Å². The molecule has 110 valence electrons. The minimum Gasteiger partial charge on any atom is -0.312 e.